The SMILES string of the molecule is CC(C)(I)N1CCC1. The summed E-state index contributed by atoms with van der Waals surface area (Å²) in [6.07, 6.45) is 1.40. The maximum Gasteiger partial charge on any atom is 0.0673 e. The van der Waals surface area contributed by atoms with Crippen LogP contribution in [-0.2, 0) is 0 Å². The van der Waals surface area contributed by atoms with Crippen LogP contribution >= 0.6 is 22.6 Å². The Morgan fingerprint density at radius 1 is 1.38 bits per heavy atom. The Labute approximate surface area is 64.6 Å². The average Bonchev–Trinajstić information content (AvgIpc) is 1.16. The van der Waals surface area contributed by atoms with Gasteiger partial charge < -0.3 is 0 Å². The molecule has 0 atom stereocenters. The largest absolute Gasteiger partial charge is 0.289 e. The zero-order valence-electron chi connectivity index (χ0n) is 5.45. The molecule has 1 aliphatic heterocycles. The molecule has 1 nitrogen and oxygen atoms in total. The van der Waals surface area contributed by atoms with E-state index in [4.69, 9.17) is 0 Å². The number of hydrogen-bond acceptors (Lipinski definition) is 1. The third-order valence-electron chi connectivity index (χ3n) is 1.61. The molecule has 0 bridgehead atoms. The summed E-state index contributed by atoms with van der Waals surface area (Å²) in [4.78, 5) is 2.48. The predicted molar refractivity (Wildman–Crippen MR) is 44.3 cm³/mol. The third-order valence-corrected chi connectivity index (χ3v) is 2.29. The van der Waals surface area contributed by atoms with E-state index in [1.54, 1.807) is 0 Å². The number of rotatable bonds is 1. The molecule has 0 spiro atoms. The third kappa shape index (κ3) is 1.35. The topological polar surface area (TPSA) is 3.24 Å². The van der Waals surface area contributed by atoms with Gasteiger partial charge in [-0.05, 0) is 20.3 Å². The van der Waals surface area contributed by atoms with Crippen molar-refractivity contribution in [2.24, 2.45) is 0 Å². The first-order chi connectivity index (χ1) is 3.61. The Hall–Kier alpha value is 0.690. The van der Waals surface area contributed by atoms with E-state index in [0.29, 0.717) is 3.55 Å². The molecule has 0 unspecified atom stereocenters. The highest BCUT2D eigenvalue weighted by molar-refractivity contribution is 14.1. The van der Waals surface area contributed by atoms with Crippen molar-refractivity contribution in [2.45, 2.75) is 23.8 Å². The van der Waals surface area contributed by atoms with Crippen LogP contribution in [0.2, 0.25) is 0 Å². The van der Waals surface area contributed by atoms with Gasteiger partial charge in [0.25, 0.3) is 0 Å². The summed E-state index contributed by atoms with van der Waals surface area (Å²) in [6.45, 7) is 7.12. The van der Waals surface area contributed by atoms with Crippen LogP contribution in [0.3, 0.4) is 0 Å². The van der Waals surface area contributed by atoms with E-state index in [9.17, 15) is 0 Å². The molecule has 1 saturated heterocycles. The summed E-state index contributed by atoms with van der Waals surface area (Å²) in [5.41, 5.74) is 0. The molecule has 48 valence electrons. The van der Waals surface area contributed by atoms with Crippen LogP contribution in [0.4, 0.5) is 0 Å². The van der Waals surface area contributed by atoms with Gasteiger partial charge in [0.2, 0.25) is 0 Å². The molecule has 0 aromatic rings. The standard InChI is InChI=1S/C6H12IN/c1-6(2,7)8-4-3-5-8/h3-5H2,1-2H3. The van der Waals surface area contributed by atoms with E-state index in [0.717, 1.165) is 0 Å². The molecule has 0 aliphatic carbocycles. The van der Waals surface area contributed by atoms with E-state index in [1.807, 2.05) is 0 Å². The molecule has 0 aromatic heterocycles. The van der Waals surface area contributed by atoms with E-state index >= 15 is 0 Å². The molecule has 1 heterocycles. The van der Waals surface area contributed by atoms with Gasteiger partial charge in [0.15, 0.2) is 0 Å². The van der Waals surface area contributed by atoms with Crippen molar-refractivity contribution < 1.29 is 0 Å². The fourth-order valence-corrected chi connectivity index (χ4v) is 1.33. The highest BCUT2D eigenvalue weighted by Gasteiger charge is 2.27. The number of likely N-dealkylation sites (tertiary alicyclic amines) is 1. The first kappa shape index (κ1) is 6.81. The van der Waals surface area contributed by atoms with Gasteiger partial charge >= 0.3 is 0 Å². The zero-order valence-corrected chi connectivity index (χ0v) is 7.60. The highest BCUT2D eigenvalue weighted by Crippen LogP contribution is 2.26. The molecule has 0 saturated carbocycles. The summed E-state index contributed by atoms with van der Waals surface area (Å²) >= 11 is 2.48. The summed E-state index contributed by atoms with van der Waals surface area (Å²) in [7, 11) is 0. The van der Waals surface area contributed by atoms with Crippen LogP contribution in [0.1, 0.15) is 20.3 Å². The quantitative estimate of drug-likeness (QED) is 0.374. The lowest BCUT2D eigenvalue weighted by Gasteiger charge is -2.40. The molecule has 0 radical (unpaired) electrons. The van der Waals surface area contributed by atoms with Crippen LogP contribution in [0.15, 0.2) is 0 Å². The monoisotopic (exact) mass is 225 g/mol. The first-order valence-electron chi connectivity index (χ1n) is 3.05. The second-order valence-corrected chi connectivity index (χ2v) is 5.39. The number of halogens is 1. The van der Waals surface area contributed by atoms with Crippen LogP contribution in [0.25, 0.3) is 0 Å². The zero-order chi connectivity index (χ0) is 6.20. The van der Waals surface area contributed by atoms with Gasteiger partial charge in [0.05, 0.1) is 3.55 Å². The lowest BCUT2D eigenvalue weighted by Crippen LogP contribution is -2.47. The maximum atomic E-state index is 2.48. The molecular formula is C6H12IN. The van der Waals surface area contributed by atoms with Crippen LogP contribution < -0.4 is 0 Å². The van der Waals surface area contributed by atoms with Gasteiger partial charge in [0.1, 0.15) is 0 Å². The molecule has 0 amide bonds. The molecule has 1 rings (SSSR count). The molecule has 0 N–H and O–H groups in total. The Kier molecular flexibility index (Phi) is 1.82. The lowest BCUT2D eigenvalue weighted by molar-refractivity contribution is 0.128. The summed E-state index contributed by atoms with van der Waals surface area (Å²) < 4.78 is 0.399. The second kappa shape index (κ2) is 2.14. The van der Waals surface area contributed by atoms with Gasteiger partial charge in [-0.2, -0.15) is 0 Å². The molecule has 2 heteroatoms. The molecular weight excluding hydrogens is 213 g/mol. The summed E-state index contributed by atoms with van der Waals surface area (Å²) in [5, 5.41) is 0. The minimum atomic E-state index is 0.399. The van der Waals surface area contributed by atoms with E-state index in [-0.39, 0.29) is 0 Å². The fourth-order valence-electron chi connectivity index (χ4n) is 0.848. The van der Waals surface area contributed by atoms with Crippen molar-refractivity contribution in [1.29, 1.82) is 0 Å². The summed E-state index contributed by atoms with van der Waals surface area (Å²) in [6, 6.07) is 0. The van der Waals surface area contributed by atoms with Gasteiger partial charge in [-0.25, -0.2) is 0 Å². The Bertz CT molecular complexity index is 81.0. The molecule has 0 aromatic carbocycles. The van der Waals surface area contributed by atoms with E-state index in [1.165, 1.54) is 19.5 Å². The van der Waals surface area contributed by atoms with E-state index in [2.05, 4.69) is 41.3 Å². The minimum Gasteiger partial charge on any atom is -0.289 e. The molecule has 1 aliphatic rings. The Morgan fingerprint density at radius 3 is 1.88 bits per heavy atom. The number of hydrogen-bond donors (Lipinski definition) is 0. The van der Waals surface area contributed by atoms with Crippen molar-refractivity contribution in [3.8, 4) is 0 Å². The minimum absolute atomic E-state index is 0.399. The molecule has 1 fully saturated rings. The normalized spacial score (nSPS) is 22.9. The summed E-state index contributed by atoms with van der Waals surface area (Å²) in [5.74, 6) is 0. The first-order valence-corrected chi connectivity index (χ1v) is 4.12. The van der Waals surface area contributed by atoms with E-state index < -0.39 is 0 Å². The number of nitrogens with zero attached hydrogens (tertiary/aromatic N) is 1. The van der Waals surface area contributed by atoms with Gasteiger partial charge in [-0.3, -0.25) is 4.90 Å². The van der Waals surface area contributed by atoms with Crippen molar-refractivity contribution in [3.63, 3.8) is 0 Å². The van der Waals surface area contributed by atoms with Crippen molar-refractivity contribution in [1.82, 2.24) is 4.90 Å². The smallest absolute Gasteiger partial charge is 0.0673 e. The Morgan fingerprint density at radius 2 is 1.88 bits per heavy atom. The van der Waals surface area contributed by atoms with Gasteiger partial charge in [0, 0.05) is 13.1 Å². The average molecular weight is 225 g/mol. The fraction of sp³-hybridized carbons (Fsp3) is 1.00. The van der Waals surface area contributed by atoms with Crippen LogP contribution in [0, 0.1) is 0 Å². The maximum absolute atomic E-state index is 2.48. The van der Waals surface area contributed by atoms with Gasteiger partial charge in [-0.15, -0.1) is 0 Å². The highest BCUT2D eigenvalue weighted by atomic mass is 127. The van der Waals surface area contributed by atoms with Gasteiger partial charge in [-0.1, -0.05) is 22.6 Å². The van der Waals surface area contributed by atoms with Crippen molar-refractivity contribution in [3.05, 3.63) is 0 Å². The van der Waals surface area contributed by atoms with Crippen molar-refractivity contribution in [2.75, 3.05) is 13.1 Å². The predicted octanol–water partition coefficient (Wildman–Crippen LogP) is 1.86. The van der Waals surface area contributed by atoms with Crippen LogP contribution in [0.5, 0.6) is 0 Å². The van der Waals surface area contributed by atoms with Crippen molar-refractivity contribution >= 4 is 22.6 Å². The number of alkyl halides is 1. The van der Waals surface area contributed by atoms with Crippen LogP contribution in [-0.4, -0.2) is 21.5 Å². The lowest BCUT2D eigenvalue weighted by atomic mass is 10.2. The molecule has 8 heavy (non-hydrogen) atoms. The Balaban J connectivity index is 2.34. The second-order valence-electron chi connectivity index (χ2n) is 2.75.